The van der Waals surface area contributed by atoms with Gasteiger partial charge in [-0.05, 0) is 228 Å². The van der Waals surface area contributed by atoms with Gasteiger partial charge in [-0.25, -0.2) is 0 Å². The number of nitrogens with zero attached hydrogens (tertiary/aromatic N) is 6. The molecule has 20 aromatic rings. The van der Waals surface area contributed by atoms with E-state index in [4.69, 9.17) is 0 Å². The van der Waals surface area contributed by atoms with E-state index in [1.807, 2.05) is 0 Å². The van der Waals surface area contributed by atoms with Gasteiger partial charge in [-0.1, -0.05) is 320 Å². The van der Waals surface area contributed by atoms with E-state index in [2.05, 4.69) is 494 Å². The van der Waals surface area contributed by atoms with Crippen molar-refractivity contribution in [2.45, 2.75) is 105 Å². The normalized spacial score (nSPS) is 12.9. The molecule has 0 fully saturated rings. The van der Waals surface area contributed by atoms with E-state index in [-0.39, 0.29) is 28.4 Å². The quantitative estimate of drug-likeness (QED) is 0.114. The van der Waals surface area contributed by atoms with Gasteiger partial charge < -0.3 is 28.4 Å². The maximum absolute atomic E-state index is 2.75. The molecule has 22 rings (SSSR count). The van der Waals surface area contributed by atoms with Gasteiger partial charge in [-0.15, -0.1) is 0 Å². The lowest BCUT2D eigenvalue weighted by molar-refractivity contribution is 0.590. The lowest BCUT2D eigenvalue weighted by Gasteiger charge is -2.46. The van der Waals surface area contributed by atoms with Gasteiger partial charge >= 0.3 is 0 Å². The Morgan fingerprint density at radius 2 is 0.512 bits per heavy atom. The van der Waals surface area contributed by atoms with Crippen LogP contribution in [-0.4, -0.2) is 20.4 Å². The summed E-state index contributed by atoms with van der Waals surface area (Å²) in [5.74, 6) is 0. The molecule has 0 spiro atoms. The highest BCUT2D eigenvalue weighted by atomic mass is 15.2. The second-order valence-electron chi connectivity index (χ2n) is 38.5. The minimum absolute atomic E-state index is 0.133. The number of aromatic nitrogens is 3. The standard InChI is InChI=1S/C118H99BN6/c1-115(2,3)80-54-64-106-98(66-80)99-67-81(116(4,5)6)55-65-107(99)123(106)89-74-110-112-111(75-89)125(114-96(78-40-22-15-23-41-78)70-83(118(10,11)12)71-97(114)79-42-24-16-25-43-79)109-73-88(122-104-52-34-30-48-92(104)93-49-31-35-53-105(93)122)61-63-101(109)119(112)100-62-60-87(72-108(100)124(110)113-94(76-36-18-13-19-37-76)68-82(117(7,8)9)69-95(113)77-38-20-14-21-39-77)120(84-44-26-17-27-45-84)85-56-58-86(59-57-85)121-102-50-32-28-46-90(102)91-47-29-33-51-103(91)121/h13-75H,1-12H3. The Hall–Kier alpha value is -14.4. The zero-order chi connectivity index (χ0) is 85.1. The van der Waals surface area contributed by atoms with E-state index < -0.39 is 0 Å². The van der Waals surface area contributed by atoms with Crippen molar-refractivity contribution in [3.8, 4) is 61.6 Å². The highest BCUT2D eigenvalue weighted by Crippen LogP contribution is 2.57. The average molecular weight is 1610 g/mol. The molecule has 5 heterocycles. The smallest absolute Gasteiger partial charge is 0.252 e. The molecule has 3 aromatic heterocycles. The largest absolute Gasteiger partial charge is 0.310 e. The van der Waals surface area contributed by atoms with Crippen molar-refractivity contribution in [2.24, 2.45) is 0 Å². The molecular weight excluding hydrogens is 1510 g/mol. The van der Waals surface area contributed by atoms with E-state index in [0.29, 0.717) is 0 Å². The Labute approximate surface area is 733 Å². The average Bonchev–Trinajstić information content (AvgIpc) is 1.06. The van der Waals surface area contributed by atoms with Gasteiger partial charge in [0.2, 0.25) is 0 Å². The van der Waals surface area contributed by atoms with Crippen molar-refractivity contribution in [1.29, 1.82) is 0 Å². The van der Waals surface area contributed by atoms with Crippen LogP contribution in [0.25, 0.3) is 127 Å². The summed E-state index contributed by atoms with van der Waals surface area (Å²) in [5, 5.41) is 7.34. The summed E-state index contributed by atoms with van der Waals surface area (Å²) < 4.78 is 7.56. The van der Waals surface area contributed by atoms with E-state index in [1.165, 1.54) is 82.0 Å². The van der Waals surface area contributed by atoms with Gasteiger partial charge in [0.15, 0.2) is 0 Å². The highest BCUT2D eigenvalue weighted by molar-refractivity contribution is 7.00. The van der Waals surface area contributed by atoms with Crippen molar-refractivity contribution in [3.63, 3.8) is 0 Å². The van der Waals surface area contributed by atoms with Gasteiger partial charge in [-0.3, -0.25) is 0 Å². The third kappa shape index (κ3) is 12.7. The number of hydrogen-bond acceptors (Lipinski definition) is 3. The summed E-state index contributed by atoms with van der Waals surface area (Å²) in [7, 11) is 0. The monoisotopic (exact) mass is 1610 g/mol. The van der Waals surface area contributed by atoms with Crippen LogP contribution in [0.1, 0.15) is 105 Å². The minimum atomic E-state index is -0.353. The summed E-state index contributed by atoms with van der Waals surface area (Å²) in [4.78, 5) is 7.98. The van der Waals surface area contributed by atoms with E-state index >= 15 is 0 Å². The summed E-state index contributed by atoms with van der Waals surface area (Å²) >= 11 is 0. The molecule has 0 radical (unpaired) electrons. The number of fused-ring (bicyclic) bond motifs is 13. The van der Waals surface area contributed by atoms with Gasteiger partial charge in [0, 0.05) is 106 Å². The molecule has 2 aliphatic rings. The van der Waals surface area contributed by atoms with Gasteiger partial charge in [0.25, 0.3) is 6.71 Å². The first-order chi connectivity index (χ1) is 60.6. The zero-order valence-corrected chi connectivity index (χ0v) is 73.1. The van der Waals surface area contributed by atoms with E-state index in [1.54, 1.807) is 0 Å². The van der Waals surface area contributed by atoms with Gasteiger partial charge in [-0.2, -0.15) is 0 Å². The molecule has 604 valence electrons. The molecule has 17 aromatic carbocycles. The Morgan fingerprint density at radius 1 is 0.216 bits per heavy atom. The lowest BCUT2D eigenvalue weighted by atomic mass is 9.33. The molecule has 0 bridgehead atoms. The number of hydrogen-bond donors (Lipinski definition) is 0. The molecule has 2 aliphatic heterocycles. The van der Waals surface area contributed by atoms with Gasteiger partial charge in [0.1, 0.15) is 0 Å². The second kappa shape index (κ2) is 29.1. The van der Waals surface area contributed by atoms with Crippen LogP contribution in [0.4, 0.5) is 51.2 Å². The molecule has 0 saturated heterocycles. The van der Waals surface area contributed by atoms with E-state index in [0.717, 1.165) is 135 Å². The third-order valence-corrected chi connectivity index (χ3v) is 26.6. The molecule has 0 N–H and O–H groups in total. The number of anilines is 9. The summed E-state index contributed by atoms with van der Waals surface area (Å²) in [6.07, 6.45) is 0. The molecule has 125 heavy (non-hydrogen) atoms. The van der Waals surface area contributed by atoms with Crippen LogP contribution in [0.15, 0.2) is 382 Å². The second-order valence-corrected chi connectivity index (χ2v) is 38.5. The predicted octanol–water partition coefficient (Wildman–Crippen LogP) is 30.4. The summed E-state index contributed by atoms with van der Waals surface area (Å²) in [5.41, 5.74) is 36.7. The van der Waals surface area contributed by atoms with Crippen molar-refractivity contribution < 1.29 is 0 Å². The molecule has 0 aliphatic carbocycles. The highest BCUT2D eigenvalue weighted by Gasteiger charge is 2.47. The number of benzene rings is 17. The first-order valence-electron chi connectivity index (χ1n) is 44.2. The van der Waals surface area contributed by atoms with Crippen LogP contribution in [0.5, 0.6) is 0 Å². The Kier molecular flexibility index (Phi) is 17.9. The van der Waals surface area contributed by atoms with Crippen molar-refractivity contribution in [3.05, 3.63) is 404 Å². The SMILES string of the molecule is CC(C)(C)c1cc(-c2ccccc2)c(N2c3cc(N(c4ccccc4)c4ccc(-n5c6ccccc6c6ccccc65)cc4)ccc3B3c4ccc(-n5c6ccccc6c6ccccc65)cc4N(c4c(-c5ccccc5)cc(C(C)(C)C)cc4-c4ccccc4)c4cc(-n5c6ccc(C(C)(C)C)cc6c6cc(C(C)(C)C)ccc65)cc2c43)c(-c2ccccc2)c1. The molecule has 6 nitrogen and oxygen atoms in total. The Morgan fingerprint density at radius 3 is 0.896 bits per heavy atom. The maximum atomic E-state index is 2.75. The fourth-order valence-corrected chi connectivity index (χ4v) is 20.2. The van der Waals surface area contributed by atoms with Gasteiger partial charge in [0.05, 0.1) is 50.2 Å². The maximum Gasteiger partial charge on any atom is 0.252 e. The van der Waals surface area contributed by atoms with E-state index in [9.17, 15) is 0 Å². The van der Waals surface area contributed by atoms with Crippen LogP contribution < -0.4 is 31.1 Å². The topological polar surface area (TPSA) is 24.5 Å². The van der Waals surface area contributed by atoms with Crippen molar-refractivity contribution >= 4 is 140 Å². The number of para-hydroxylation sites is 5. The van der Waals surface area contributed by atoms with Crippen LogP contribution in [0.2, 0.25) is 0 Å². The molecular formula is C118H99BN6. The molecule has 0 unspecified atom stereocenters. The predicted molar refractivity (Wildman–Crippen MR) is 535 cm³/mol. The van der Waals surface area contributed by atoms with Crippen molar-refractivity contribution in [1.82, 2.24) is 13.7 Å². The van der Waals surface area contributed by atoms with Crippen LogP contribution in [0, 0.1) is 0 Å². The molecule has 7 heteroatoms. The van der Waals surface area contributed by atoms with Crippen molar-refractivity contribution in [2.75, 3.05) is 14.7 Å². The molecule has 0 saturated carbocycles. The molecule has 0 amide bonds. The minimum Gasteiger partial charge on any atom is -0.310 e. The zero-order valence-electron chi connectivity index (χ0n) is 73.1. The first-order valence-corrected chi connectivity index (χ1v) is 44.2. The lowest BCUT2D eigenvalue weighted by Crippen LogP contribution is -2.61. The Balaban J connectivity index is 0.927. The Bertz CT molecular complexity index is 7380. The van der Waals surface area contributed by atoms with Crippen LogP contribution in [0.3, 0.4) is 0 Å². The fraction of sp³-hybridized carbons (Fsp3) is 0.136. The fourth-order valence-electron chi connectivity index (χ4n) is 20.2. The summed E-state index contributed by atoms with van der Waals surface area (Å²) in [6.45, 7) is 27.9. The van der Waals surface area contributed by atoms with Crippen LogP contribution in [-0.2, 0) is 21.7 Å². The third-order valence-electron chi connectivity index (χ3n) is 26.6. The summed E-state index contributed by atoms with van der Waals surface area (Å²) in [6, 6.07) is 146. The van der Waals surface area contributed by atoms with Crippen LogP contribution >= 0.6 is 0 Å². The number of rotatable bonds is 12. The first kappa shape index (κ1) is 76.7. The molecule has 0 atom stereocenters.